The van der Waals surface area contributed by atoms with Crippen LogP contribution in [0.15, 0.2) is 0 Å². The Kier molecular flexibility index (Phi) is 13.2. The van der Waals surface area contributed by atoms with Gasteiger partial charge in [0.25, 0.3) is 0 Å². The summed E-state index contributed by atoms with van der Waals surface area (Å²) in [5.74, 6) is 0. The summed E-state index contributed by atoms with van der Waals surface area (Å²) in [5.41, 5.74) is 0. The second-order valence-corrected chi connectivity index (χ2v) is 8.02. The SMILES string of the molecule is CC[NH+](CC)CC.CN(CCBr)P(=O)(O)OCC1CCCO1. The molecule has 2 unspecified atom stereocenters. The summed E-state index contributed by atoms with van der Waals surface area (Å²) in [5, 5.41) is 0.636. The summed E-state index contributed by atoms with van der Waals surface area (Å²) in [6.45, 7) is 11.9. The van der Waals surface area contributed by atoms with Gasteiger partial charge in [-0.1, -0.05) is 15.9 Å². The van der Waals surface area contributed by atoms with Crippen molar-refractivity contribution in [3.63, 3.8) is 0 Å². The molecule has 22 heavy (non-hydrogen) atoms. The van der Waals surface area contributed by atoms with Crippen LogP contribution in [0.1, 0.15) is 33.6 Å². The third kappa shape index (κ3) is 9.60. The molecule has 0 spiro atoms. The molecule has 6 nitrogen and oxygen atoms in total. The third-order valence-corrected chi connectivity index (χ3v) is 5.70. The summed E-state index contributed by atoms with van der Waals surface area (Å²) in [6.07, 6.45) is 1.88. The van der Waals surface area contributed by atoms with Crippen molar-refractivity contribution in [2.24, 2.45) is 0 Å². The first kappa shape index (κ1) is 22.5. The molecule has 0 aromatic carbocycles. The predicted molar refractivity (Wildman–Crippen MR) is 93.8 cm³/mol. The zero-order valence-corrected chi connectivity index (χ0v) is 16.9. The molecule has 1 fully saturated rings. The average molecular weight is 404 g/mol. The molecule has 0 saturated carbocycles. The van der Waals surface area contributed by atoms with Crippen LogP contribution in [0.5, 0.6) is 0 Å². The van der Waals surface area contributed by atoms with E-state index >= 15 is 0 Å². The fourth-order valence-corrected chi connectivity index (χ4v) is 3.77. The van der Waals surface area contributed by atoms with Gasteiger partial charge >= 0.3 is 7.75 Å². The molecule has 8 heteroatoms. The molecule has 0 bridgehead atoms. The predicted octanol–water partition coefficient (Wildman–Crippen LogP) is 1.54. The number of alkyl halides is 1. The molecule has 0 aliphatic carbocycles. The Morgan fingerprint density at radius 1 is 1.36 bits per heavy atom. The Morgan fingerprint density at radius 3 is 2.32 bits per heavy atom. The van der Waals surface area contributed by atoms with E-state index in [9.17, 15) is 9.46 Å². The van der Waals surface area contributed by atoms with E-state index in [1.165, 1.54) is 24.3 Å². The fraction of sp³-hybridized carbons (Fsp3) is 1.00. The standard InChI is InChI=1S/C8H17BrNO4P.C6H15N/c1-10(5-4-9)15(11,12)14-7-8-3-2-6-13-8;1-4-7(5-2)6-3/h8H,2-7H2,1H3,(H,11,12);4-6H2,1-3H3/p+1. The zero-order valence-electron chi connectivity index (χ0n) is 14.4. The number of hydrogen-bond acceptors (Lipinski definition) is 3. The normalized spacial score (nSPS) is 20.8. The second kappa shape index (κ2) is 12.9. The highest BCUT2D eigenvalue weighted by molar-refractivity contribution is 9.09. The first-order valence-electron chi connectivity index (χ1n) is 8.11. The largest absolute Gasteiger partial charge is 0.405 e. The fourth-order valence-electron chi connectivity index (χ4n) is 2.05. The third-order valence-electron chi connectivity index (χ3n) is 3.79. The number of ether oxygens (including phenoxy) is 1. The van der Waals surface area contributed by atoms with Gasteiger partial charge in [0, 0.05) is 18.5 Å². The molecule has 2 atom stereocenters. The number of rotatable bonds is 9. The maximum Gasteiger partial charge on any atom is 0.405 e. The maximum atomic E-state index is 11.6. The molecule has 0 aromatic heterocycles. The van der Waals surface area contributed by atoms with E-state index in [0.717, 1.165) is 19.4 Å². The molecule has 2 N–H and O–H groups in total. The Hall–Kier alpha value is 0.510. The van der Waals surface area contributed by atoms with Crippen molar-refractivity contribution < 1.29 is 23.6 Å². The molecular formula is C14H33BrN2O4P+. The molecule has 0 aromatic rings. The molecular weight excluding hydrogens is 371 g/mol. The molecule has 0 radical (unpaired) electrons. The highest BCUT2D eigenvalue weighted by atomic mass is 79.9. The summed E-state index contributed by atoms with van der Waals surface area (Å²) in [6, 6.07) is 0. The molecule has 134 valence electrons. The van der Waals surface area contributed by atoms with E-state index in [0.29, 0.717) is 11.9 Å². The number of hydrogen-bond donors (Lipinski definition) is 2. The first-order chi connectivity index (χ1) is 10.4. The Morgan fingerprint density at radius 2 is 1.95 bits per heavy atom. The highest BCUT2D eigenvalue weighted by Crippen LogP contribution is 2.45. The lowest BCUT2D eigenvalue weighted by atomic mass is 10.2. The highest BCUT2D eigenvalue weighted by Gasteiger charge is 2.28. The van der Waals surface area contributed by atoms with Gasteiger partial charge in [0.05, 0.1) is 32.3 Å². The lowest BCUT2D eigenvalue weighted by Crippen LogP contribution is -3.11. The van der Waals surface area contributed by atoms with E-state index in [2.05, 4.69) is 36.7 Å². The summed E-state index contributed by atoms with van der Waals surface area (Å²) >= 11 is 3.21. The van der Waals surface area contributed by atoms with Gasteiger partial charge in [-0.25, -0.2) is 9.24 Å². The van der Waals surface area contributed by atoms with Gasteiger partial charge in [0.1, 0.15) is 0 Å². The molecule has 0 amide bonds. The monoisotopic (exact) mass is 403 g/mol. The van der Waals surface area contributed by atoms with Crippen molar-refractivity contribution in [3.8, 4) is 0 Å². The lowest BCUT2D eigenvalue weighted by Gasteiger charge is -2.22. The minimum atomic E-state index is -3.63. The van der Waals surface area contributed by atoms with Crippen molar-refractivity contribution in [2.45, 2.75) is 39.7 Å². The van der Waals surface area contributed by atoms with Gasteiger partial charge in [0.2, 0.25) is 0 Å². The summed E-state index contributed by atoms with van der Waals surface area (Å²) in [4.78, 5) is 11.2. The van der Waals surface area contributed by atoms with Crippen LogP contribution in [0, 0.1) is 0 Å². The van der Waals surface area contributed by atoms with Crippen molar-refractivity contribution in [1.29, 1.82) is 0 Å². The molecule has 1 saturated heterocycles. The van der Waals surface area contributed by atoms with Crippen molar-refractivity contribution >= 4 is 23.7 Å². The van der Waals surface area contributed by atoms with Crippen LogP contribution >= 0.6 is 23.7 Å². The van der Waals surface area contributed by atoms with Crippen molar-refractivity contribution in [2.75, 3.05) is 51.8 Å². The van der Waals surface area contributed by atoms with Gasteiger partial charge in [-0.2, -0.15) is 0 Å². The van der Waals surface area contributed by atoms with Gasteiger partial charge < -0.3 is 14.5 Å². The van der Waals surface area contributed by atoms with Crippen LogP contribution in [-0.2, 0) is 13.8 Å². The van der Waals surface area contributed by atoms with E-state index in [1.54, 1.807) is 11.9 Å². The Bertz CT molecular complexity index is 308. The average Bonchev–Trinajstić information content (AvgIpc) is 3.01. The van der Waals surface area contributed by atoms with Gasteiger partial charge in [0.15, 0.2) is 0 Å². The number of nitrogens with one attached hydrogen (secondary N) is 1. The lowest BCUT2D eigenvalue weighted by molar-refractivity contribution is -0.894. The first-order valence-corrected chi connectivity index (χ1v) is 10.8. The number of quaternary nitrogens is 1. The maximum absolute atomic E-state index is 11.6. The van der Waals surface area contributed by atoms with Crippen LogP contribution in [0.3, 0.4) is 0 Å². The molecule has 1 aliphatic heterocycles. The van der Waals surface area contributed by atoms with Gasteiger partial charge in [-0.3, -0.25) is 4.52 Å². The van der Waals surface area contributed by atoms with Crippen LogP contribution in [-0.4, -0.2) is 67.4 Å². The van der Waals surface area contributed by atoms with Gasteiger partial charge in [-0.15, -0.1) is 0 Å². The summed E-state index contributed by atoms with van der Waals surface area (Å²) < 4.78 is 23.3. The molecule has 1 heterocycles. The van der Waals surface area contributed by atoms with Crippen molar-refractivity contribution in [1.82, 2.24) is 4.67 Å². The Labute approximate surface area is 143 Å². The van der Waals surface area contributed by atoms with Gasteiger partial charge in [-0.05, 0) is 40.7 Å². The van der Waals surface area contributed by atoms with Crippen LogP contribution in [0.4, 0.5) is 0 Å². The summed E-state index contributed by atoms with van der Waals surface area (Å²) in [7, 11) is -2.06. The smallest absolute Gasteiger partial charge is 0.376 e. The van der Waals surface area contributed by atoms with Crippen LogP contribution in [0.25, 0.3) is 0 Å². The molecule has 1 rings (SSSR count). The zero-order chi connectivity index (χ0) is 17.0. The van der Waals surface area contributed by atoms with E-state index in [-0.39, 0.29) is 12.7 Å². The minimum Gasteiger partial charge on any atom is -0.376 e. The second-order valence-electron chi connectivity index (χ2n) is 5.30. The number of halogens is 1. The quantitative estimate of drug-likeness (QED) is 0.451. The van der Waals surface area contributed by atoms with E-state index < -0.39 is 7.75 Å². The van der Waals surface area contributed by atoms with Crippen LogP contribution in [0.2, 0.25) is 0 Å². The number of nitrogens with zero attached hydrogens (tertiary/aromatic N) is 1. The van der Waals surface area contributed by atoms with E-state index in [4.69, 9.17) is 9.26 Å². The van der Waals surface area contributed by atoms with Crippen LogP contribution < -0.4 is 4.90 Å². The topological polar surface area (TPSA) is 63.4 Å². The minimum absolute atomic E-state index is 0.0251. The van der Waals surface area contributed by atoms with Crippen molar-refractivity contribution in [3.05, 3.63) is 0 Å². The Balaban J connectivity index is 0.000000534. The molecule has 1 aliphatic rings. The van der Waals surface area contributed by atoms with E-state index in [1.807, 2.05) is 0 Å².